The summed E-state index contributed by atoms with van der Waals surface area (Å²) in [6.07, 6.45) is 5.66. The smallest absolute Gasteiger partial charge is 0.232 e. The zero-order valence-electron chi connectivity index (χ0n) is 16.2. The van der Waals surface area contributed by atoms with Crippen molar-refractivity contribution in [3.63, 3.8) is 0 Å². The summed E-state index contributed by atoms with van der Waals surface area (Å²) in [6, 6.07) is 12.3. The van der Waals surface area contributed by atoms with Crippen LogP contribution in [-0.4, -0.2) is 26.3 Å². The van der Waals surface area contributed by atoms with Gasteiger partial charge >= 0.3 is 0 Å². The number of aryl methyl sites for hydroxylation is 1. The van der Waals surface area contributed by atoms with Crippen LogP contribution in [0, 0.1) is 0 Å². The summed E-state index contributed by atoms with van der Waals surface area (Å²) >= 11 is 0. The van der Waals surface area contributed by atoms with Gasteiger partial charge in [0, 0.05) is 12.0 Å². The molecule has 0 amide bonds. The number of Topliss-reactive ketones (excluding diaryl/α,β-unsaturated/α-hetero) is 2. The van der Waals surface area contributed by atoms with E-state index in [4.69, 9.17) is 4.98 Å². The van der Waals surface area contributed by atoms with Crippen LogP contribution in [-0.2, 0) is 24.1 Å². The molecule has 0 radical (unpaired) electrons. The Morgan fingerprint density at radius 2 is 1.89 bits per heavy atom. The number of rotatable bonds is 6. The number of fused-ring (bicyclic) bond motifs is 1. The molecule has 1 aliphatic rings. The summed E-state index contributed by atoms with van der Waals surface area (Å²) in [6.45, 7) is 3.65. The van der Waals surface area contributed by atoms with Crippen LogP contribution in [0.4, 0.5) is 0 Å². The van der Waals surface area contributed by atoms with E-state index in [-0.39, 0.29) is 6.42 Å². The van der Waals surface area contributed by atoms with E-state index in [0.717, 1.165) is 24.2 Å². The number of hydrogen-bond acceptors (Lipinski definition) is 4. The molecule has 4 rings (SSSR count). The molecule has 2 heterocycles. The van der Waals surface area contributed by atoms with Crippen LogP contribution >= 0.6 is 0 Å². The molecule has 28 heavy (non-hydrogen) atoms. The molecule has 5 nitrogen and oxygen atoms in total. The highest BCUT2D eigenvalue weighted by molar-refractivity contribution is 6.43. The Labute approximate surface area is 164 Å². The third kappa shape index (κ3) is 3.07. The molecule has 5 heteroatoms. The van der Waals surface area contributed by atoms with E-state index in [1.54, 1.807) is 11.6 Å². The van der Waals surface area contributed by atoms with Crippen molar-refractivity contribution in [3.8, 4) is 17.1 Å². The Morgan fingerprint density at radius 3 is 2.68 bits per heavy atom. The maximum Gasteiger partial charge on any atom is 0.232 e. The molecule has 0 fully saturated rings. The van der Waals surface area contributed by atoms with Crippen molar-refractivity contribution in [1.29, 1.82) is 0 Å². The molecule has 0 saturated heterocycles. The highest BCUT2D eigenvalue weighted by Gasteiger charge is 2.22. The SMILES string of the molecule is CCC(=O)C(=O)c1cnn(-c2cccc(-c3cccc4c3CCC4)n2)c1CC. The fourth-order valence-electron chi connectivity index (χ4n) is 3.96. The predicted molar refractivity (Wildman–Crippen MR) is 108 cm³/mol. The fraction of sp³-hybridized carbons (Fsp3) is 0.304. The lowest BCUT2D eigenvalue weighted by Gasteiger charge is -2.11. The molecule has 0 bridgehead atoms. The van der Waals surface area contributed by atoms with Gasteiger partial charge in [-0.05, 0) is 48.9 Å². The van der Waals surface area contributed by atoms with Crippen molar-refractivity contribution in [2.45, 2.75) is 46.0 Å². The topological polar surface area (TPSA) is 64.8 Å². The first kappa shape index (κ1) is 18.3. The van der Waals surface area contributed by atoms with Crippen molar-refractivity contribution in [1.82, 2.24) is 14.8 Å². The van der Waals surface area contributed by atoms with Crippen LogP contribution in [0.15, 0.2) is 42.6 Å². The highest BCUT2D eigenvalue weighted by atomic mass is 16.2. The van der Waals surface area contributed by atoms with E-state index >= 15 is 0 Å². The molecule has 1 aliphatic carbocycles. The lowest BCUT2D eigenvalue weighted by atomic mass is 10.0. The van der Waals surface area contributed by atoms with Gasteiger partial charge in [-0.1, -0.05) is 38.1 Å². The van der Waals surface area contributed by atoms with E-state index in [1.165, 1.54) is 29.3 Å². The van der Waals surface area contributed by atoms with Gasteiger partial charge in [-0.3, -0.25) is 9.59 Å². The van der Waals surface area contributed by atoms with Crippen LogP contribution in [0.2, 0.25) is 0 Å². The second-order valence-corrected chi connectivity index (χ2v) is 7.05. The second kappa shape index (κ2) is 7.50. The summed E-state index contributed by atoms with van der Waals surface area (Å²) < 4.78 is 1.68. The number of nitrogens with zero attached hydrogens (tertiary/aromatic N) is 3. The molecule has 0 unspecified atom stereocenters. The van der Waals surface area contributed by atoms with Crippen LogP contribution in [0.1, 0.15) is 53.9 Å². The van der Waals surface area contributed by atoms with Gasteiger partial charge in [0.05, 0.1) is 23.1 Å². The number of pyridine rings is 1. The molecule has 0 saturated carbocycles. The molecule has 0 N–H and O–H groups in total. The normalized spacial score (nSPS) is 12.8. The second-order valence-electron chi connectivity index (χ2n) is 7.05. The average molecular weight is 373 g/mol. The summed E-state index contributed by atoms with van der Waals surface area (Å²) in [5.74, 6) is -0.202. The van der Waals surface area contributed by atoms with E-state index in [2.05, 4.69) is 23.3 Å². The Morgan fingerprint density at radius 1 is 1.07 bits per heavy atom. The van der Waals surface area contributed by atoms with E-state index in [1.807, 2.05) is 25.1 Å². The zero-order valence-corrected chi connectivity index (χ0v) is 16.2. The Balaban J connectivity index is 1.77. The monoisotopic (exact) mass is 373 g/mol. The number of carbonyl (C=O) groups excluding carboxylic acids is 2. The van der Waals surface area contributed by atoms with E-state index in [9.17, 15) is 9.59 Å². The Bertz CT molecular complexity index is 1070. The lowest BCUT2D eigenvalue weighted by Crippen LogP contribution is -2.15. The number of ketones is 2. The van der Waals surface area contributed by atoms with Crippen LogP contribution in [0.25, 0.3) is 17.1 Å². The van der Waals surface area contributed by atoms with Gasteiger partial charge in [-0.2, -0.15) is 5.10 Å². The van der Waals surface area contributed by atoms with Crippen LogP contribution in [0.3, 0.4) is 0 Å². The maximum absolute atomic E-state index is 12.4. The molecule has 0 atom stereocenters. The molecular weight excluding hydrogens is 350 g/mol. The van der Waals surface area contributed by atoms with Gasteiger partial charge in [-0.25, -0.2) is 9.67 Å². The molecule has 142 valence electrons. The first-order valence-electron chi connectivity index (χ1n) is 9.87. The highest BCUT2D eigenvalue weighted by Crippen LogP contribution is 2.31. The third-order valence-corrected chi connectivity index (χ3v) is 5.40. The summed E-state index contributed by atoms with van der Waals surface area (Å²) in [7, 11) is 0. The van der Waals surface area contributed by atoms with Gasteiger partial charge in [0.1, 0.15) is 0 Å². The fourth-order valence-corrected chi connectivity index (χ4v) is 3.96. The maximum atomic E-state index is 12.4. The van der Waals surface area contributed by atoms with Crippen molar-refractivity contribution in [3.05, 3.63) is 65.0 Å². The number of benzene rings is 1. The molecule has 2 aromatic heterocycles. The number of carbonyl (C=O) groups is 2. The average Bonchev–Trinajstić information content (AvgIpc) is 3.39. The van der Waals surface area contributed by atoms with Gasteiger partial charge < -0.3 is 0 Å². The number of aromatic nitrogens is 3. The van der Waals surface area contributed by atoms with Crippen molar-refractivity contribution < 1.29 is 9.59 Å². The minimum atomic E-state index is -0.470. The minimum Gasteiger partial charge on any atom is -0.290 e. The van der Waals surface area contributed by atoms with E-state index in [0.29, 0.717) is 17.8 Å². The number of hydrogen-bond donors (Lipinski definition) is 0. The first-order chi connectivity index (χ1) is 13.6. The quantitative estimate of drug-likeness (QED) is 0.481. The third-order valence-electron chi connectivity index (χ3n) is 5.40. The predicted octanol–water partition coefficient (Wildman–Crippen LogP) is 4.15. The van der Waals surface area contributed by atoms with Crippen molar-refractivity contribution in [2.24, 2.45) is 0 Å². The molecular formula is C23H23N3O2. The molecule has 0 aliphatic heterocycles. The molecule has 3 aromatic rings. The standard InChI is InChI=1S/C23H23N3O2/c1-3-20-18(23(28)21(27)4-2)14-24-26(20)22-13-7-12-19(25-22)17-11-6-9-15-8-5-10-16(15)17/h6-7,9,11-14H,3-5,8,10H2,1-2H3. The molecule has 0 spiro atoms. The first-order valence-corrected chi connectivity index (χ1v) is 9.87. The molecule has 1 aromatic carbocycles. The van der Waals surface area contributed by atoms with Gasteiger partial charge in [0.2, 0.25) is 11.6 Å². The Kier molecular flexibility index (Phi) is 4.90. The Hall–Kier alpha value is -3.08. The van der Waals surface area contributed by atoms with Crippen LogP contribution in [0.5, 0.6) is 0 Å². The minimum absolute atomic E-state index is 0.194. The zero-order chi connectivity index (χ0) is 19.7. The summed E-state index contributed by atoms with van der Waals surface area (Å²) in [5, 5.41) is 4.38. The van der Waals surface area contributed by atoms with Gasteiger partial charge in [-0.15, -0.1) is 0 Å². The largest absolute Gasteiger partial charge is 0.290 e. The van der Waals surface area contributed by atoms with E-state index < -0.39 is 11.6 Å². The van der Waals surface area contributed by atoms with Crippen LogP contribution < -0.4 is 0 Å². The van der Waals surface area contributed by atoms with Crippen molar-refractivity contribution in [2.75, 3.05) is 0 Å². The summed E-state index contributed by atoms with van der Waals surface area (Å²) in [5.41, 5.74) is 5.96. The van der Waals surface area contributed by atoms with Gasteiger partial charge in [0.25, 0.3) is 0 Å². The summed E-state index contributed by atoms with van der Waals surface area (Å²) in [4.78, 5) is 29.1. The lowest BCUT2D eigenvalue weighted by molar-refractivity contribution is -0.114. The van der Waals surface area contributed by atoms with Crippen molar-refractivity contribution >= 4 is 11.6 Å². The van der Waals surface area contributed by atoms with Gasteiger partial charge in [0.15, 0.2) is 5.82 Å².